The van der Waals surface area contributed by atoms with E-state index in [0.717, 1.165) is 53.5 Å². The molecule has 0 amide bonds. The van der Waals surface area contributed by atoms with Gasteiger partial charge in [0, 0.05) is 69.7 Å². The second-order valence-corrected chi connectivity index (χ2v) is 11.6. The first kappa shape index (κ1) is 27.0. The van der Waals surface area contributed by atoms with Gasteiger partial charge in [0.05, 0.1) is 30.8 Å². The molecule has 3 fully saturated rings. The first-order chi connectivity index (χ1) is 20.7. The Labute approximate surface area is 247 Å². The maximum atomic E-state index is 6.13. The van der Waals surface area contributed by atoms with Gasteiger partial charge in [-0.05, 0) is 43.7 Å². The summed E-state index contributed by atoms with van der Waals surface area (Å²) in [6, 6.07) is 19.5. The maximum Gasteiger partial charge on any atom is 0.231 e. The molecule has 0 bridgehead atoms. The summed E-state index contributed by atoms with van der Waals surface area (Å²) in [5, 5.41) is 6.29. The lowest BCUT2D eigenvalue weighted by molar-refractivity contribution is 0.0981. The number of likely N-dealkylation sites (N-methyl/N-ethyl adjacent to an activating group) is 1. The quantitative estimate of drug-likeness (QED) is 0.326. The summed E-state index contributed by atoms with van der Waals surface area (Å²) in [6.07, 6.45) is 5.16. The van der Waals surface area contributed by atoms with Crippen LogP contribution in [0.1, 0.15) is 30.9 Å². The Morgan fingerprint density at radius 3 is 2.52 bits per heavy atom. The van der Waals surface area contributed by atoms with E-state index in [0.29, 0.717) is 18.6 Å². The highest BCUT2D eigenvalue weighted by atomic mass is 16.7. The van der Waals surface area contributed by atoms with E-state index >= 15 is 0 Å². The van der Waals surface area contributed by atoms with Gasteiger partial charge in [-0.3, -0.25) is 9.74 Å². The van der Waals surface area contributed by atoms with Crippen LogP contribution < -0.4 is 20.0 Å². The van der Waals surface area contributed by atoms with E-state index in [1.54, 1.807) is 7.11 Å². The fourth-order valence-corrected chi connectivity index (χ4v) is 6.61. The molecule has 2 aromatic carbocycles. The zero-order valence-corrected chi connectivity index (χ0v) is 24.5. The molecule has 10 heteroatoms. The van der Waals surface area contributed by atoms with Gasteiger partial charge in [0.1, 0.15) is 11.4 Å². The van der Waals surface area contributed by atoms with Gasteiger partial charge in [0.15, 0.2) is 5.82 Å². The first-order valence-corrected chi connectivity index (χ1v) is 15.1. The fourth-order valence-electron chi connectivity index (χ4n) is 6.61. The standard InChI is InChI=1S/C32H40N8O2/c1-37-17-19-38(20-18-37)25-11-15-39(16-12-25)28-9-8-24(22-29(28)41-2)34-32-35-30-26(10-14-33-30)31(36-32)40-27(13-21-42-40)23-6-4-3-5-7-23/h3-10,14,22,25,27H,11-13,15-21H2,1-2H3,(H2,33,34,35,36)/t27-/m0/s1. The van der Waals surface area contributed by atoms with Crippen LogP contribution in [0.3, 0.4) is 0 Å². The Morgan fingerprint density at radius 1 is 0.929 bits per heavy atom. The number of rotatable bonds is 7. The Bertz CT molecular complexity index is 1500. The highest BCUT2D eigenvalue weighted by Crippen LogP contribution is 2.38. The predicted octanol–water partition coefficient (Wildman–Crippen LogP) is 4.81. The third-order valence-electron chi connectivity index (χ3n) is 8.99. The SMILES string of the molecule is COc1cc(Nc2nc(N3OCC[C@H]3c3ccccc3)c3cc[nH]c3n2)ccc1N1CCC(N2CCN(C)CC2)CC1. The molecule has 3 saturated heterocycles. The molecule has 2 aromatic heterocycles. The molecule has 220 valence electrons. The number of hydroxylamine groups is 1. The highest BCUT2D eigenvalue weighted by molar-refractivity contribution is 5.89. The van der Waals surface area contributed by atoms with Crippen LogP contribution >= 0.6 is 0 Å². The number of nitrogens with one attached hydrogen (secondary N) is 2. The molecule has 42 heavy (non-hydrogen) atoms. The highest BCUT2D eigenvalue weighted by Gasteiger charge is 2.31. The number of hydrogen-bond acceptors (Lipinski definition) is 9. The third kappa shape index (κ3) is 5.37. The number of piperazine rings is 1. The third-order valence-corrected chi connectivity index (χ3v) is 8.99. The molecule has 0 saturated carbocycles. The molecule has 0 aliphatic carbocycles. The van der Waals surface area contributed by atoms with Crippen molar-refractivity contribution in [3.8, 4) is 5.75 Å². The maximum absolute atomic E-state index is 6.13. The summed E-state index contributed by atoms with van der Waals surface area (Å²) in [6.45, 7) is 7.41. The minimum absolute atomic E-state index is 0.0896. The van der Waals surface area contributed by atoms with Crippen molar-refractivity contribution in [3.63, 3.8) is 0 Å². The van der Waals surface area contributed by atoms with Crippen LogP contribution in [0.5, 0.6) is 5.75 Å². The minimum atomic E-state index is 0.0896. The van der Waals surface area contributed by atoms with Crippen LogP contribution in [-0.4, -0.2) is 90.8 Å². The number of methoxy groups -OCH3 is 1. The number of piperidine rings is 1. The van der Waals surface area contributed by atoms with Crippen molar-refractivity contribution in [1.82, 2.24) is 24.8 Å². The van der Waals surface area contributed by atoms with Crippen LogP contribution in [0.15, 0.2) is 60.8 Å². The lowest BCUT2D eigenvalue weighted by Crippen LogP contribution is -2.52. The van der Waals surface area contributed by atoms with E-state index in [9.17, 15) is 0 Å². The van der Waals surface area contributed by atoms with Crippen LogP contribution in [0, 0.1) is 0 Å². The molecule has 0 unspecified atom stereocenters. The van der Waals surface area contributed by atoms with E-state index in [-0.39, 0.29) is 6.04 Å². The largest absolute Gasteiger partial charge is 0.495 e. The number of ether oxygens (including phenoxy) is 1. The first-order valence-electron chi connectivity index (χ1n) is 15.1. The Balaban J connectivity index is 1.09. The van der Waals surface area contributed by atoms with Gasteiger partial charge in [-0.15, -0.1) is 0 Å². The molecule has 2 N–H and O–H groups in total. The van der Waals surface area contributed by atoms with E-state index in [1.807, 2.05) is 29.5 Å². The number of fused-ring (bicyclic) bond motifs is 1. The van der Waals surface area contributed by atoms with Crippen LogP contribution in [-0.2, 0) is 4.84 Å². The number of H-pyrrole nitrogens is 1. The molecule has 5 heterocycles. The minimum Gasteiger partial charge on any atom is -0.495 e. The Hall–Kier alpha value is -3.86. The van der Waals surface area contributed by atoms with Gasteiger partial charge in [0.2, 0.25) is 5.95 Å². The predicted molar refractivity (Wildman–Crippen MR) is 167 cm³/mol. The normalized spacial score (nSPS) is 20.9. The number of hydrogen-bond donors (Lipinski definition) is 2. The summed E-state index contributed by atoms with van der Waals surface area (Å²) in [4.78, 5) is 26.7. The lowest BCUT2D eigenvalue weighted by Gasteiger charge is -2.42. The van der Waals surface area contributed by atoms with Crippen molar-refractivity contribution in [1.29, 1.82) is 0 Å². The number of nitrogens with zero attached hydrogens (tertiary/aromatic N) is 6. The zero-order valence-electron chi connectivity index (χ0n) is 24.5. The van der Waals surface area contributed by atoms with Gasteiger partial charge in [-0.25, -0.2) is 5.06 Å². The van der Waals surface area contributed by atoms with Gasteiger partial charge in [0.25, 0.3) is 0 Å². The number of benzene rings is 2. The summed E-state index contributed by atoms with van der Waals surface area (Å²) in [5.74, 6) is 2.11. The second kappa shape index (κ2) is 11.8. The van der Waals surface area contributed by atoms with Gasteiger partial charge in [-0.2, -0.15) is 9.97 Å². The summed E-state index contributed by atoms with van der Waals surface area (Å²) < 4.78 is 5.88. The molecular weight excluding hydrogens is 528 g/mol. The Morgan fingerprint density at radius 2 is 1.74 bits per heavy atom. The smallest absolute Gasteiger partial charge is 0.231 e. The van der Waals surface area contributed by atoms with Gasteiger partial charge < -0.3 is 24.8 Å². The average Bonchev–Trinajstić information content (AvgIpc) is 3.72. The van der Waals surface area contributed by atoms with Crippen LogP contribution in [0.25, 0.3) is 11.0 Å². The number of anilines is 4. The van der Waals surface area contributed by atoms with Crippen LogP contribution in [0.4, 0.5) is 23.1 Å². The summed E-state index contributed by atoms with van der Waals surface area (Å²) in [7, 11) is 3.96. The van der Waals surface area contributed by atoms with Crippen molar-refractivity contribution in [2.45, 2.75) is 31.3 Å². The number of aromatic amines is 1. The van der Waals surface area contributed by atoms with E-state index < -0.39 is 0 Å². The molecule has 1 atom stereocenters. The van der Waals surface area contributed by atoms with Gasteiger partial charge in [-0.1, -0.05) is 30.3 Å². The monoisotopic (exact) mass is 568 g/mol. The molecule has 4 aromatic rings. The van der Waals surface area contributed by atoms with Crippen molar-refractivity contribution < 1.29 is 9.57 Å². The molecule has 10 nitrogen and oxygen atoms in total. The zero-order chi connectivity index (χ0) is 28.5. The van der Waals surface area contributed by atoms with Gasteiger partial charge >= 0.3 is 0 Å². The van der Waals surface area contributed by atoms with Crippen molar-refractivity contribution in [3.05, 3.63) is 66.4 Å². The Kier molecular flexibility index (Phi) is 7.58. The van der Waals surface area contributed by atoms with Crippen molar-refractivity contribution >= 4 is 34.2 Å². The molecule has 3 aliphatic rings. The second-order valence-electron chi connectivity index (χ2n) is 11.6. The topological polar surface area (TPSA) is 85.0 Å². The lowest BCUT2D eigenvalue weighted by atomic mass is 10.0. The number of aromatic nitrogens is 3. The molecular formula is C32H40N8O2. The molecule has 0 radical (unpaired) electrons. The van der Waals surface area contributed by atoms with Crippen molar-refractivity contribution in [2.24, 2.45) is 0 Å². The van der Waals surface area contributed by atoms with E-state index in [2.05, 4.69) is 68.4 Å². The van der Waals surface area contributed by atoms with E-state index in [4.69, 9.17) is 19.5 Å². The average molecular weight is 569 g/mol. The molecule has 0 spiro atoms. The molecule has 3 aliphatic heterocycles. The van der Waals surface area contributed by atoms with E-state index in [1.165, 1.54) is 44.6 Å². The van der Waals surface area contributed by atoms with Crippen LogP contribution in [0.2, 0.25) is 0 Å². The summed E-state index contributed by atoms with van der Waals surface area (Å²) in [5.41, 5.74) is 3.98. The van der Waals surface area contributed by atoms with Crippen molar-refractivity contribution in [2.75, 3.05) is 75.3 Å². The summed E-state index contributed by atoms with van der Waals surface area (Å²) >= 11 is 0. The fraction of sp³-hybridized carbons (Fsp3) is 0.438. The molecule has 7 rings (SSSR count).